The van der Waals surface area contributed by atoms with E-state index in [2.05, 4.69) is 11.1 Å². The molecule has 1 saturated heterocycles. The zero-order valence-corrected chi connectivity index (χ0v) is 19.4. The first kappa shape index (κ1) is 23.2. The van der Waals surface area contributed by atoms with Crippen molar-refractivity contribution < 1.29 is 9.59 Å². The summed E-state index contributed by atoms with van der Waals surface area (Å²) in [5, 5.41) is 8.97. The molecule has 1 aliphatic heterocycles. The van der Waals surface area contributed by atoms with Crippen LogP contribution in [-0.4, -0.2) is 39.4 Å². The molecule has 2 N–H and O–H groups in total. The number of carbonyl (C=O) groups is 2. The molecule has 4 rings (SSSR count). The number of primary amides is 1. The monoisotopic (exact) mass is 455 g/mol. The van der Waals surface area contributed by atoms with Crippen molar-refractivity contribution in [1.82, 2.24) is 14.5 Å². The van der Waals surface area contributed by atoms with Gasteiger partial charge in [-0.15, -0.1) is 0 Å². The molecular formula is C27H29N5O2. The van der Waals surface area contributed by atoms with Gasteiger partial charge in [0.15, 0.2) is 0 Å². The second-order valence-electron chi connectivity index (χ2n) is 9.13. The summed E-state index contributed by atoms with van der Waals surface area (Å²) in [6.07, 6.45) is 5.42. The van der Waals surface area contributed by atoms with Crippen LogP contribution in [0, 0.1) is 23.7 Å². The van der Waals surface area contributed by atoms with E-state index in [9.17, 15) is 9.59 Å². The number of rotatable bonds is 7. The Labute approximate surface area is 199 Å². The number of aryl methyl sites for hydroxylation is 1. The molecule has 0 aliphatic carbocycles. The number of likely N-dealkylation sites (tertiary alicyclic amines) is 1. The van der Waals surface area contributed by atoms with Crippen molar-refractivity contribution in [1.29, 1.82) is 5.26 Å². The number of hydrogen-bond acceptors (Lipinski definition) is 4. The molecule has 2 heterocycles. The van der Waals surface area contributed by atoms with Crippen LogP contribution in [0.2, 0.25) is 0 Å². The smallest absolute Gasteiger partial charge is 0.228 e. The van der Waals surface area contributed by atoms with E-state index in [1.54, 1.807) is 24.7 Å². The molecule has 0 spiro atoms. The van der Waals surface area contributed by atoms with Crippen molar-refractivity contribution in [3.05, 3.63) is 89.0 Å². The van der Waals surface area contributed by atoms with Crippen molar-refractivity contribution in [2.75, 3.05) is 13.1 Å². The summed E-state index contributed by atoms with van der Waals surface area (Å²) >= 11 is 0. The summed E-state index contributed by atoms with van der Waals surface area (Å²) in [5.41, 5.74) is 10.0. The summed E-state index contributed by atoms with van der Waals surface area (Å²) in [6, 6.07) is 17.6. The molecular weight excluding hydrogens is 426 g/mol. The highest BCUT2D eigenvalue weighted by molar-refractivity contribution is 5.83. The third-order valence-corrected chi connectivity index (χ3v) is 6.95. The molecule has 1 aromatic heterocycles. The number of imidazole rings is 1. The molecule has 0 bridgehead atoms. The quantitative estimate of drug-likeness (QED) is 0.591. The highest BCUT2D eigenvalue weighted by Gasteiger charge is 2.41. The molecule has 7 nitrogen and oxygen atoms in total. The van der Waals surface area contributed by atoms with Crippen LogP contribution in [0.4, 0.5) is 0 Å². The lowest BCUT2D eigenvalue weighted by molar-refractivity contribution is -0.138. The maximum absolute atomic E-state index is 13.1. The molecule has 0 atom stereocenters. The zero-order valence-electron chi connectivity index (χ0n) is 19.4. The van der Waals surface area contributed by atoms with E-state index in [-0.39, 0.29) is 18.2 Å². The van der Waals surface area contributed by atoms with Gasteiger partial charge in [0, 0.05) is 31.5 Å². The second-order valence-corrected chi connectivity index (χ2v) is 9.13. The molecule has 0 radical (unpaired) electrons. The van der Waals surface area contributed by atoms with Crippen LogP contribution in [0.3, 0.4) is 0 Å². The molecule has 7 heteroatoms. The van der Waals surface area contributed by atoms with Crippen LogP contribution in [0.15, 0.2) is 61.1 Å². The number of nitriles is 1. The van der Waals surface area contributed by atoms with E-state index in [4.69, 9.17) is 11.0 Å². The van der Waals surface area contributed by atoms with E-state index in [1.807, 2.05) is 52.8 Å². The predicted molar refractivity (Wildman–Crippen MR) is 129 cm³/mol. The van der Waals surface area contributed by atoms with Crippen LogP contribution in [0.5, 0.6) is 0 Å². The molecule has 1 fully saturated rings. The normalized spacial score (nSPS) is 15.0. The van der Waals surface area contributed by atoms with Gasteiger partial charge >= 0.3 is 0 Å². The lowest BCUT2D eigenvalue weighted by Gasteiger charge is -2.40. The number of amides is 2. The highest BCUT2D eigenvalue weighted by atomic mass is 16.2. The number of benzene rings is 2. The minimum absolute atomic E-state index is 0.0236. The lowest BCUT2D eigenvalue weighted by Crippen LogP contribution is -2.50. The number of nitrogens with two attached hydrogens (primary N) is 1. The van der Waals surface area contributed by atoms with Gasteiger partial charge in [0.2, 0.25) is 11.8 Å². The molecule has 0 unspecified atom stereocenters. The van der Waals surface area contributed by atoms with Crippen LogP contribution >= 0.6 is 0 Å². The van der Waals surface area contributed by atoms with Crippen LogP contribution in [0.1, 0.15) is 40.8 Å². The Bertz CT molecular complexity index is 1210. The van der Waals surface area contributed by atoms with E-state index < -0.39 is 5.41 Å². The second kappa shape index (κ2) is 9.92. The van der Waals surface area contributed by atoms with Gasteiger partial charge < -0.3 is 15.2 Å². The Hall–Kier alpha value is -3.92. The van der Waals surface area contributed by atoms with Gasteiger partial charge in [-0.05, 0) is 55.0 Å². The minimum atomic E-state index is -0.625. The maximum Gasteiger partial charge on any atom is 0.228 e. The van der Waals surface area contributed by atoms with Crippen molar-refractivity contribution in [3.8, 4) is 6.07 Å². The first-order chi connectivity index (χ1) is 16.4. The summed E-state index contributed by atoms with van der Waals surface area (Å²) in [5.74, 6) is -0.265. The molecule has 2 aromatic carbocycles. The average Bonchev–Trinajstić information content (AvgIpc) is 3.27. The predicted octanol–water partition coefficient (Wildman–Crippen LogP) is 2.99. The zero-order chi connectivity index (χ0) is 24.1. The molecule has 2 amide bonds. The van der Waals surface area contributed by atoms with Gasteiger partial charge in [-0.25, -0.2) is 4.98 Å². The summed E-state index contributed by atoms with van der Waals surface area (Å²) in [4.78, 5) is 31.6. The van der Waals surface area contributed by atoms with Crippen LogP contribution in [0.25, 0.3) is 0 Å². The Morgan fingerprint density at radius 1 is 1.12 bits per heavy atom. The van der Waals surface area contributed by atoms with Crippen LogP contribution in [-0.2, 0) is 29.0 Å². The van der Waals surface area contributed by atoms with Gasteiger partial charge in [0.05, 0.1) is 29.8 Å². The van der Waals surface area contributed by atoms with Gasteiger partial charge in [0.1, 0.15) is 0 Å². The van der Waals surface area contributed by atoms with E-state index in [0.29, 0.717) is 44.5 Å². The highest BCUT2D eigenvalue weighted by Crippen LogP contribution is 2.36. The first-order valence-corrected chi connectivity index (χ1v) is 11.5. The van der Waals surface area contributed by atoms with Crippen molar-refractivity contribution in [2.24, 2.45) is 11.1 Å². The number of piperidine rings is 1. The van der Waals surface area contributed by atoms with Crippen molar-refractivity contribution in [3.63, 3.8) is 0 Å². The van der Waals surface area contributed by atoms with E-state index >= 15 is 0 Å². The van der Waals surface area contributed by atoms with Gasteiger partial charge in [0.25, 0.3) is 0 Å². The number of carbonyl (C=O) groups excluding carboxylic acids is 2. The average molecular weight is 456 g/mol. The summed E-state index contributed by atoms with van der Waals surface area (Å²) in [6.45, 7) is 3.65. The fourth-order valence-corrected chi connectivity index (χ4v) is 4.65. The number of nitrogens with zero attached hydrogens (tertiary/aromatic N) is 4. The fraction of sp³-hybridized carbons (Fsp3) is 0.333. The summed E-state index contributed by atoms with van der Waals surface area (Å²) in [7, 11) is 0. The topological polar surface area (TPSA) is 105 Å². The molecule has 174 valence electrons. The Balaban J connectivity index is 1.39. The largest absolute Gasteiger partial charge is 0.369 e. The third-order valence-electron chi connectivity index (χ3n) is 6.95. The van der Waals surface area contributed by atoms with E-state index in [1.165, 1.54) is 0 Å². The maximum atomic E-state index is 13.1. The minimum Gasteiger partial charge on any atom is -0.369 e. The molecule has 34 heavy (non-hydrogen) atoms. The van der Waals surface area contributed by atoms with Crippen molar-refractivity contribution in [2.45, 2.75) is 39.2 Å². The number of aromatic nitrogens is 2. The summed E-state index contributed by atoms with van der Waals surface area (Å²) < 4.78 is 1.95. The Morgan fingerprint density at radius 2 is 1.82 bits per heavy atom. The Morgan fingerprint density at radius 3 is 2.47 bits per heavy atom. The van der Waals surface area contributed by atoms with Crippen molar-refractivity contribution >= 4 is 11.8 Å². The molecule has 0 saturated carbocycles. The molecule has 1 aliphatic rings. The van der Waals surface area contributed by atoms with Gasteiger partial charge in [-0.2, -0.15) is 5.26 Å². The lowest BCUT2D eigenvalue weighted by atomic mass is 9.72. The van der Waals surface area contributed by atoms with E-state index in [0.717, 1.165) is 22.4 Å². The number of hydrogen-bond donors (Lipinski definition) is 1. The Kier molecular flexibility index (Phi) is 6.78. The molecule has 3 aromatic rings. The third kappa shape index (κ3) is 5.01. The standard InChI is InChI=1S/C27H29N5O2/c1-20-4-2-3-5-23(20)15-27(26(29)34)10-12-31(13-11-27)25(33)14-24-17-30-19-32(24)18-22-8-6-21(16-28)7-9-22/h2-9,17,19H,10-15,18H2,1H3,(H2,29,34). The SMILES string of the molecule is Cc1ccccc1CC1(C(N)=O)CCN(C(=O)Cc2cncn2Cc2ccc(C#N)cc2)CC1. The van der Waals surface area contributed by atoms with Gasteiger partial charge in [-0.1, -0.05) is 36.4 Å². The fourth-order valence-electron chi connectivity index (χ4n) is 4.65. The van der Waals surface area contributed by atoms with Gasteiger partial charge in [-0.3, -0.25) is 9.59 Å². The van der Waals surface area contributed by atoms with Crippen LogP contribution < -0.4 is 5.73 Å². The first-order valence-electron chi connectivity index (χ1n) is 11.5.